The topological polar surface area (TPSA) is 406 Å². The molecule has 4 amide bonds. The molecule has 7 heterocycles. The third kappa shape index (κ3) is 20.5. The van der Waals surface area contributed by atoms with Crippen LogP contribution in [-0.2, 0) is 86.7 Å². The van der Waals surface area contributed by atoms with Crippen LogP contribution < -0.4 is 24.7 Å². The SMILES string of the molecule is C=C[C@@H]1C[C@]1(CC(=O)[C@@H]1C[C@@H](Oc2nc(-c3ccc(C(F)(F)F)cc3)nc3c2oc2ccccc23)CN1C(=O)[C@@H](CC(N)=S)C(C)(C)C)C(=O)NS(=O)(=O)C1CC1.C=C[C@@H]1C[C@]1(CC(=O)[C@@H]1C[C@@H](Oc2nc(-c3ccc(C(F)(F)F)cc3)nc3c2oc2ccccc23)CN1C(=O)[C@@H](Cc1nc(C(=O)OC)cs1)C(C)(C)C)C(=O)NS(=O)(=O)C1CC1.COC(=O)C(=O)CBr. The number of sulfonamides is 2. The molecule has 5 aromatic heterocycles. The van der Waals surface area contributed by atoms with Crippen molar-refractivity contribution in [2.45, 2.75) is 166 Å². The number of fused-ring (bicyclic) bond motifs is 6. The third-order valence-electron chi connectivity index (χ3n) is 23.8. The number of ether oxygens (including phenoxy) is 4. The number of hydrogen-bond acceptors (Lipinski definition) is 26. The molecule has 0 unspecified atom stereocenters. The van der Waals surface area contributed by atoms with Gasteiger partial charge in [0.05, 0.1) is 87.2 Å². The standard InChI is InChI=1S/C44H44F3N5O9S2.C40H42F3N5O7S2.C4H5BrO3/c1-6-24-19-43(24,41(56)51-63(57,58)27-15-16-27)20-32(53)31-17-26(21-52(31)39(54)29(42(2,3)4)18-34-48-30(22-62-34)40(55)59-5)60-38-36-35(28-9-7-8-10-33(28)61-36)49-37(50-38)23-11-13-25(14-12-23)44(45,46)47;1-5-22-18-39(22,37(51)47-57(52,53)25-14-15-25)19-29(49)28-16-24(20-48(28)36(50)27(17-31(44)56)38(2,3)4)54-35-33-32(26-8-6-7-9-30(26)55-33)45-34(46-35)21-10-12-23(13-11-21)40(41,42)43;1-8-4(7)3(6)2-5/h6-14,22,24,26-27,29,31H,1,15-21H2,2-5H3,(H,51,56);5-13,22,24-25,27-28H,1,14-20H2,2-4H3,(H2,44,56)(H,47,51);2H2,1H3/t24-,26-,29-,31+,43-;22-,24-,27-,28+,39-;/m11./s1. The van der Waals surface area contributed by atoms with Gasteiger partial charge in [0.1, 0.15) is 34.4 Å². The highest BCUT2D eigenvalue weighted by molar-refractivity contribution is 9.09. The molecule has 4 saturated carbocycles. The van der Waals surface area contributed by atoms with Gasteiger partial charge in [0, 0.05) is 77.6 Å². The third-order valence-corrected chi connectivity index (χ3v) is 29.0. The Balaban J connectivity index is 0.000000202. The number of nitrogens with two attached hydrogens (primary N) is 1. The van der Waals surface area contributed by atoms with Crippen LogP contribution in [0.4, 0.5) is 26.3 Å². The number of furan rings is 2. The monoisotopic (exact) mass is 1910 g/mol. The first-order valence-corrected chi connectivity index (χ1v) is 46.2. The van der Waals surface area contributed by atoms with Crippen LogP contribution in [0.15, 0.2) is 137 Å². The molecule has 0 radical (unpaired) electrons. The fourth-order valence-electron chi connectivity index (χ4n) is 16.0. The number of likely N-dealkylation sites (tertiary alicyclic amines) is 2. The second kappa shape index (κ2) is 36.5. The maximum absolute atomic E-state index is 15.0. The van der Waals surface area contributed by atoms with Crippen LogP contribution in [0, 0.1) is 45.3 Å². The molecule has 0 bridgehead atoms. The van der Waals surface area contributed by atoms with E-state index in [0.29, 0.717) is 63.7 Å². The number of nitrogens with one attached hydrogen (secondary N) is 2. The van der Waals surface area contributed by atoms with Gasteiger partial charge < -0.3 is 43.3 Å². The Morgan fingerprint density at radius 1 is 0.609 bits per heavy atom. The van der Waals surface area contributed by atoms with Crippen LogP contribution in [0.5, 0.6) is 11.8 Å². The van der Waals surface area contributed by atoms with Gasteiger partial charge in [0.15, 0.2) is 28.9 Å². The molecule has 10 atom stereocenters. The number of carbonyl (C=O) groups is 9. The van der Waals surface area contributed by atoms with E-state index in [0.717, 1.165) is 24.3 Å². The minimum atomic E-state index is -4.57. The van der Waals surface area contributed by atoms with Crippen molar-refractivity contribution in [2.75, 3.05) is 32.6 Å². The molecule has 2 aliphatic heterocycles. The first-order chi connectivity index (χ1) is 60.1. The lowest BCUT2D eigenvalue weighted by Crippen LogP contribution is -2.48. The lowest BCUT2D eigenvalue weighted by atomic mass is 9.77. The van der Waals surface area contributed by atoms with Gasteiger partial charge in [0.25, 0.3) is 11.8 Å². The van der Waals surface area contributed by atoms with Crippen LogP contribution in [0.3, 0.4) is 0 Å². The zero-order valence-electron chi connectivity index (χ0n) is 70.5. The van der Waals surface area contributed by atoms with E-state index in [-0.39, 0.29) is 126 Å². The Morgan fingerprint density at radius 2 is 1.02 bits per heavy atom. The van der Waals surface area contributed by atoms with E-state index in [4.69, 9.17) is 41.0 Å². The number of carbonyl (C=O) groups excluding carboxylic acids is 9. The Kier molecular flexibility index (Phi) is 27.0. The summed E-state index contributed by atoms with van der Waals surface area (Å²) in [5.74, 6) is -7.86. The number of ketones is 3. The van der Waals surface area contributed by atoms with Crippen LogP contribution >= 0.6 is 39.5 Å². The van der Waals surface area contributed by atoms with Crippen molar-refractivity contribution in [3.8, 4) is 34.5 Å². The average molecular weight is 1910 g/mol. The van der Waals surface area contributed by atoms with E-state index >= 15 is 0 Å². The minimum absolute atomic E-state index is 0.0275. The number of aromatic nitrogens is 5. The van der Waals surface area contributed by atoms with E-state index in [1.807, 2.05) is 41.5 Å². The summed E-state index contributed by atoms with van der Waals surface area (Å²) in [5, 5.41) is 1.91. The number of para-hydroxylation sites is 2. The molecular formula is C88H91BrF6N10O19S4. The number of Topliss-reactive ketones (excluding diaryl/α,β-unsaturated/α-hetero) is 3. The predicted octanol–water partition coefficient (Wildman–Crippen LogP) is 13.9. The van der Waals surface area contributed by atoms with E-state index < -0.39 is 177 Å². The van der Waals surface area contributed by atoms with Gasteiger partial charge >= 0.3 is 24.3 Å². The van der Waals surface area contributed by atoms with Crippen LogP contribution in [0.25, 0.3) is 66.9 Å². The summed E-state index contributed by atoms with van der Waals surface area (Å²) in [6.07, 6.45) is -6.38. The molecule has 15 rings (SSSR count). The highest BCUT2D eigenvalue weighted by Crippen LogP contribution is 2.59. The highest BCUT2D eigenvalue weighted by Gasteiger charge is 2.64. The maximum atomic E-state index is 15.0. The van der Waals surface area contributed by atoms with Gasteiger partial charge in [-0.1, -0.05) is 130 Å². The fourth-order valence-corrected chi connectivity index (χ4v) is 20.0. The van der Waals surface area contributed by atoms with Gasteiger partial charge in [-0.05, 0) is 110 Å². The zero-order valence-corrected chi connectivity index (χ0v) is 75.4. The van der Waals surface area contributed by atoms with E-state index in [1.54, 1.807) is 48.5 Å². The maximum Gasteiger partial charge on any atom is 0.416 e. The summed E-state index contributed by atoms with van der Waals surface area (Å²) < 4.78 is 171. The molecule has 4 N–H and O–H groups in total. The molecule has 9 aromatic rings. The summed E-state index contributed by atoms with van der Waals surface area (Å²) in [5.41, 5.74) is 2.61. The van der Waals surface area contributed by atoms with Crippen molar-refractivity contribution in [2.24, 2.45) is 51.1 Å². The van der Waals surface area contributed by atoms with Crippen molar-refractivity contribution < 1.29 is 114 Å². The number of rotatable bonds is 29. The summed E-state index contributed by atoms with van der Waals surface area (Å²) in [6.45, 7) is 18.5. The van der Waals surface area contributed by atoms with Crippen LogP contribution in [0.1, 0.15) is 139 Å². The molecule has 680 valence electrons. The number of hydrogen-bond donors (Lipinski definition) is 3. The molecule has 6 aliphatic rings. The number of methoxy groups -OCH3 is 2. The second-order valence-electron chi connectivity index (χ2n) is 34.8. The smallest absolute Gasteiger partial charge is 0.416 e. The van der Waals surface area contributed by atoms with Crippen molar-refractivity contribution in [1.29, 1.82) is 0 Å². The van der Waals surface area contributed by atoms with E-state index in [1.165, 1.54) is 77.2 Å². The molecule has 0 spiro atoms. The largest absolute Gasteiger partial charge is 0.470 e. The Bertz CT molecular complexity index is 6150. The van der Waals surface area contributed by atoms with Gasteiger partial charge in [-0.25, -0.2) is 41.4 Å². The summed E-state index contributed by atoms with van der Waals surface area (Å²) in [7, 11) is -5.44. The number of thiazole rings is 1. The van der Waals surface area contributed by atoms with Gasteiger partial charge in [-0.15, -0.1) is 24.5 Å². The second-order valence-corrected chi connectivity index (χ2v) is 40.7. The van der Waals surface area contributed by atoms with Gasteiger partial charge in [0.2, 0.25) is 60.6 Å². The van der Waals surface area contributed by atoms with Crippen LogP contribution in [0.2, 0.25) is 0 Å². The number of amides is 4. The Hall–Kier alpha value is -11.0. The lowest BCUT2D eigenvalue weighted by Gasteiger charge is -2.35. The van der Waals surface area contributed by atoms with E-state index in [2.05, 4.69) is 68.2 Å². The van der Waals surface area contributed by atoms with Gasteiger partial charge in [-0.2, -0.15) is 36.3 Å². The Morgan fingerprint density at radius 3 is 1.36 bits per heavy atom. The average Bonchev–Trinajstić information content (AvgIpc) is 1.57. The first kappa shape index (κ1) is 94.6. The van der Waals surface area contributed by atoms with Crippen LogP contribution in [-0.4, -0.2) is 177 Å². The number of alkyl halides is 7. The minimum Gasteiger partial charge on any atom is -0.470 e. The fraction of sp³-hybridized carbons (Fsp3) is 0.443. The highest BCUT2D eigenvalue weighted by atomic mass is 79.9. The number of thiocarbonyl (C=S) groups is 1. The van der Waals surface area contributed by atoms with E-state index in [9.17, 15) is 86.3 Å². The Labute approximate surface area is 748 Å². The van der Waals surface area contributed by atoms with Crippen molar-refractivity contribution >= 4 is 162 Å². The summed E-state index contributed by atoms with van der Waals surface area (Å²) in [6, 6.07) is 20.5. The molecule has 40 heteroatoms. The number of nitrogens with zero attached hydrogens (tertiary/aromatic N) is 7. The molecular weight excluding hydrogens is 1820 g/mol. The summed E-state index contributed by atoms with van der Waals surface area (Å²) in [4.78, 5) is 144. The molecule has 128 heavy (non-hydrogen) atoms. The number of esters is 2. The number of allylic oxidation sites excluding steroid dienone is 2. The van der Waals surface area contributed by atoms with Crippen molar-refractivity contribution in [3.63, 3.8) is 0 Å². The van der Waals surface area contributed by atoms with Crippen molar-refractivity contribution in [3.05, 3.63) is 150 Å². The quantitative estimate of drug-likeness (QED) is 0.00978. The molecule has 2 saturated heterocycles. The summed E-state index contributed by atoms with van der Waals surface area (Å²) >= 11 is 9.20. The molecule has 4 aliphatic carbocycles. The zero-order chi connectivity index (χ0) is 93.0. The molecule has 29 nitrogen and oxygen atoms in total. The number of benzene rings is 4. The van der Waals surface area contributed by atoms with Gasteiger partial charge in [-0.3, -0.25) is 43.0 Å². The van der Waals surface area contributed by atoms with Crippen molar-refractivity contribution in [1.82, 2.24) is 44.2 Å². The first-order valence-electron chi connectivity index (χ1n) is 40.7. The molecule has 4 aromatic carbocycles. The molecule has 6 fully saturated rings. The lowest BCUT2D eigenvalue weighted by molar-refractivity contribution is -0.150. The number of halogens is 7. The normalized spacial score (nSPS) is 21.5. The predicted molar refractivity (Wildman–Crippen MR) is 465 cm³/mol.